The van der Waals surface area contributed by atoms with Crippen LogP contribution in [0, 0.1) is 5.92 Å². The maximum absolute atomic E-state index is 5.38. The molecule has 0 N–H and O–H groups in total. The van der Waals surface area contributed by atoms with Gasteiger partial charge in [0.1, 0.15) is 0 Å². The molecule has 2 saturated heterocycles. The first-order chi connectivity index (χ1) is 9.18. The average molecular weight is 272 g/mol. The summed E-state index contributed by atoms with van der Waals surface area (Å²) < 4.78 is 5.38. The van der Waals surface area contributed by atoms with Gasteiger partial charge in [-0.15, -0.1) is 0 Å². The second-order valence-corrected chi connectivity index (χ2v) is 5.16. The van der Waals surface area contributed by atoms with Crippen molar-refractivity contribution in [1.29, 1.82) is 0 Å². The predicted molar refractivity (Wildman–Crippen MR) is 84.7 cm³/mol. The standard InChI is InChI=1S/C12H24N2O.2C2H6/c1-10-8-12(11(2)13(10)3)9-14-4-6-15-7-5-14;2*1-2/h10-12H,4-9H2,1-3H3;2*1-2H3/t10?,11-,12?;;/m1../s1. The SMILES string of the molecule is CC.CC.CC1CC(CN2CCOCC2)[C@@H](C)N1C. The minimum Gasteiger partial charge on any atom is -0.379 e. The summed E-state index contributed by atoms with van der Waals surface area (Å²) >= 11 is 0. The minimum atomic E-state index is 0.739. The number of hydrogen-bond donors (Lipinski definition) is 0. The van der Waals surface area contributed by atoms with Gasteiger partial charge in [0.05, 0.1) is 13.2 Å². The monoisotopic (exact) mass is 272 g/mol. The Bertz CT molecular complexity index is 205. The van der Waals surface area contributed by atoms with Crippen LogP contribution in [0.5, 0.6) is 0 Å². The summed E-state index contributed by atoms with van der Waals surface area (Å²) in [6, 6.07) is 1.49. The third-order valence-corrected chi connectivity index (χ3v) is 4.26. The molecule has 2 unspecified atom stereocenters. The van der Waals surface area contributed by atoms with Crippen LogP contribution in [0.2, 0.25) is 0 Å². The van der Waals surface area contributed by atoms with Crippen LogP contribution in [-0.4, -0.2) is 61.8 Å². The van der Waals surface area contributed by atoms with Gasteiger partial charge in [0, 0.05) is 31.7 Å². The van der Waals surface area contributed by atoms with E-state index in [1.165, 1.54) is 13.0 Å². The van der Waals surface area contributed by atoms with Gasteiger partial charge in [0.15, 0.2) is 0 Å². The molecule has 2 rings (SSSR count). The highest BCUT2D eigenvalue weighted by Gasteiger charge is 2.34. The fourth-order valence-electron chi connectivity index (χ4n) is 2.88. The second kappa shape index (κ2) is 10.6. The Hall–Kier alpha value is -0.120. The van der Waals surface area contributed by atoms with Gasteiger partial charge in [0.2, 0.25) is 0 Å². The topological polar surface area (TPSA) is 15.7 Å². The molecule has 2 heterocycles. The molecule has 0 aromatic carbocycles. The van der Waals surface area contributed by atoms with Crippen molar-refractivity contribution >= 4 is 0 Å². The zero-order valence-corrected chi connectivity index (χ0v) is 14.3. The first kappa shape index (κ1) is 18.9. The molecule has 19 heavy (non-hydrogen) atoms. The maximum Gasteiger partial charge on any atom is 0.0594 e. The first-order valence-electron chi connectivity index (χ1n) is 8.20. The van der Waals surface area contributed by atoms with E-state index in [1.54, 1.807) is 0 Å². The third kappa shape index (κ3) is 5.80. The molecule has 3 nitrogen and oxygen atoms in total. The molecular weight excluding hydrogens is 236 g/mol. The van der Waals surface area contributed by atoms with Crippen LogP contribution < -0.4 is 0 Å². The van der Waals surface area contributed by atoms with Crippen molar-refractivity contribution < 1.29 is 4.74 Å². The molecule has 0 aliphatic carbocycles. The summed E-state index contributed by atoms with van der Waals surface area (Å²) in [7, 11) is 2.26. The van der Waals surface area contributed by atoms with Gasteiger partial charge in [-0.2, -0.15) is 0 Å². The summed E-state index contributed by atoms with van der Waals surface area (Å²) in [5.74, 6) is 0.850. The van der Waals surface area contributed by atoms with E-state index >= 15 is 0 Å². The number of nitrogens with zero attached hydrogens (tertiary/aromatic N) is 2. The Morgan fingerprint density at radius 1 is 1.00 bits per heavy atom. The lowest BCUT2D eigenvalue weighted by atomic mass is 9.99. The van der Waals surface area contributed by atoms with E-state index in [1.807, 2.05) is 27.7 Å². The van der Waals surface area contributed by atoms with Crippen molar-refractivity contribution in [3.63, 3.8) is 0 Å². The van der Waals surface area contributed by atoms with Crippen LogP contribution in [0.15, 0.2) is 0 Å². The zero-order valence-electron chi connectivity index (χ0n) is 14.3. The van der Waals surface area contributed by atoms with E-state index in [4.69, 9.17) is 4.74 Å². The van der Waals surface area contributed by atoms with Gasteiger partial charge >= 0.3 is 0 Å². The Kier molecular flexibility index (Phi) is 10.6. The normalized spacial score (nSPS) is 32.1. The first-order valence-corrected chi connectivity index (χ1v) is 8.20. The molecule has 0 radical (unpaired) electrons. The summed E-state index contributed by atoms with van der Waals surface area (Å²) in [5, 5.41) is 0. The Morgan fingerprint density at radius 2 is 1.53 bits per heavy atom. The number of ether oxygens (including phenoxy) is 1. The molecular formula is C16H36N2O. The molecule has 0 aromatic rings. The lowest BCUT2D eigenvalue weighted by molar-refractivity contribution is 0.0287. The highest BCUT2D eigenvalue weighted by molar-refractivity contribution is 4.89. The zero-order chi connectivity index (χ0) is 14.8. The maximum atomic E-state index is 5.38. The van der Waals surface area contributed by atoms with E-state index in [0.29, 0.717) is 0 Å². The van der Waals surface area contributed by atoms with E-state index < -0.39 is 0 Å². The van der Waals surface area contributed by atoms with Gasteiger partial charge in [-0.3, -0.25) is 4.90 Å². The molecule has 0 bridgehead atoms. The summed E-state index contributed by atoms with van der Waals surface area (Å²) in [4.78, 5) is 5.08. The van der Waals surface area contributed by atoms with Crippen molar-refractivity contribution in [3.8, 4) is 0 Å². The van der Waals surface area contributed by atoms with Crippen LogP contribution in [-0.2, 0) is 4.74 Å². The van der Waals surface area contributed by atoms with Crippen molar-refractivity contribution in [1.82, 2.24) is 9.80 Å². The highest BCUT2D eigenvalue weighted by atomic mass is 16.5. The lowest BCUT2D eigenvalue weighted by Crippen LogP contribution is -2.41. The van der Waals surface area contributed by atoms with Gasteiger partial charge in [0.25, 0.3) is 0 Å². The Morgan fingerprint density at radius 3 is 1.95 bits per heavy atom. The quantitative estimate of drug-likeness (QED) is 0.768. The number of morpholine rings is 1. The molecule has 0 spiro atoms. The number of hydrogen-bond acceptors (Lipinski definition) is 3. The van der Waals surface area contributed by atoms with Gasteiger partial charge < -0.3 is 9.64 Å². The third-order valence-electron chi connectivity index (χ3n) is 4.26. The molecule has 0 saturated carbocycles. The van der Waals surface area contributed by atoms with E-state index in [-0.39, 0.29) is 0 Å². The molecule has 0 amide bonds. The van der Waals surface area contributed by atoms with Gasteiger partial charge in [-0.05, 0) is 33.2 Å². The van der Waals surface area contributed by atoms with Crippen LogP contribution >= 0.6 is 0 Å². The van der Waals surface area contributed by atoms with Crippen LogP contribution in [0.4, 0.5) is 0 Å². The largest absolute Gasteiger partial charge is 0.379 e. The smallest absolute Gasteiger partial charge is 0.0594 e. The summed E-state index contributed by atoms with van der Waals surface area (Å²) in [6.07, 6.45) is 1.36. The van der Waals surface area contributed by atoms with Crippen molar-refractivity contribution in [2.75, 3.05) is 39.9 Å². The molecule has 2 aliphatic rings. The molecule has 0 aromatic heterocycles. The Balaban J connectivity index is 0.000000741. The van der Waals surface area contributed by atoms with E-state index in [0.717, 1.165) is 44.3 Å². The van der Waals surface area contributed by atoms with E-state index in [9.17, 15) is 0 Å². The molecule has 3 atom stereocenters. The molecule has 116 valence electrons. The lowest BCUT2D eigenvalue weighted by Gasteiger charge is -2.31. The highest BCUT2D eigenvalue weighted by Crippen LogP contribution is 2.28. The van der Waals surface area contributed by atoms with Crippen molar-refractivity contribution in [2.45, 2.75) is 60.0 Å². The average Bonchev–Trinajstić information content (AvgIpc) is 2.72. The summed E-state index contributed by atoms with van der Waals surface area (Å²) in [5.41, 5.74) is 0. The van der Waals surface area contributed by atoms with Crippen LogP contribution in [0.3, 0.4) is 0 Å². The van der Waals surface area contributed by atoms with Gasteiger partial charge in [-0.25, -0.2) is 0 Å². The van der Waals surface area contributed by atoms with Crippen LogP contribution in [0.25, 0.3) is 0 Å². The molecule has 2 aliphatic heterocycles. The summed E-state index contributed by atoms with van der Waals surface area (Å²) in [6.45, 7) is 18.1. The molecule has 2 fully saturated rings. The molecule has 3 heteroatoms. The van der Waals surface area contributed by atoms with Crippen molar-refractivity contribution in [3.05, 3.63) is 0 Å². The second-order valence-electron chi connectivity index (χ2n) is 5.16. The fourth-order valence-corrected chi connectivity index (χ4v) is 2.88. The minimum absolute atomic E-state index is 0.739. The fraction of sp³-hybridized carbons (Fsp3) is 1.00. The predicted octanol–water partition coefficient (Wildman–Crippen LogP) is 3.10. The number of rotatable bonds is 2. The number of likely N-dealkylation sites (tertiary alicyclic amines) is 1. The van der Waals surface area contributed by atoms with Crippen molar-refractivity contribution in [2.24, 2.45) is 5.92 Å². The van der Waals surface area contributed by atoms with Crippen LogP contribution in [0.1, 0.15) is 48.0 Å². The Labute approximate surface area is 121 Å². The van der Waals surface area contributed by atoms with E-state index in [2.05, 4.69) is 30.7 Å². The van der Waals surface area contributed by atoms with Gasteiger partial charge in [-0.1, -0.05) is 27.7 Å².